The SMILES string of the molecule is CC.CCn1nccc1C12CCC(C(CO)NC(=O)C3CC(O)CN3C(=O)C(C)C(C)C)(CC1)OC2. The molecule has 204 valence electrons. The summed E-state index contributed by atoms with van der Waals surface area (Å²) in [6.45, 7) is 13.1. The predicted octanol–water partition coefficient (Wildman–Crippen LogP) is 2.24. The van der Waals surface area contributed by atoms with Crippen molar-refractivity contribution in [1.82, 2.24) is 20.0 Å². The molecule has 0 aromatic carbocycles. The van der Waals surface area contributed by atoms with E-state index in [0.717, 1.165) is 32.2 Å². The maximum Gasteiger partial charge on any atom is 0.243 e. The molecule has 5 rings (SSSR count). The van der Waals surface area contributed by atoms with Crippen LogP contribution >= 0.6 is 0 Å². The fourth-order valence-electron chi connectivity index (χ4n) is 6.00. The monoisotopic (exact) mass is 506 g/mol. The van der Waals surface area contributed by atoms with Crippen molar-refractivity contribution in [3.63, 3.8) is 0 Å². The number of carbonyl (C=O) groups excluding carboxylic acids is 2. The number of fused-ring (bicyclic) bond motifs is 3. The number of ether oxygens (including phenoxy) is 1. The van der Waals surface area contributed by atoms with Gasteiger partial charge in [0, 0.05) is 42.7 Å². The number of aromatic nitrogens is 2. The molecule has 0 spiro atoms. The third kappa shape index (κ3) is 5.20. The second-order valence-corrected chi connectivity index (χ2v) is 10.8. The number of aliphatic hydroxyl groups excluding tert-OH is 2. The van der Waals surface area contributed by atoms with Gasteiger partial charge in [0.15, 0.2) is 0 Å². The minimum atomic E-state index is -0.737. The highest BCUT2D eigenvalue weighted by molar-refractivity contribution is 5.89. The topological polar surface area (TPSA) is 117 Å². The van der Waals surface area contributed by atoms with E-state index in [9.17, 15) is 19.8 Å². The zero-order valence-electron chi connectivity index (χ0n) is 22.9. The van der Waals surface area contributed by atoms with Gasteiger partial charge in [0.2, 0.25) is 11.8 Å². The lowest BCUT2D eigenvalue weighted by atomic mass is 9.62. The number of hydrogen-bond acceptors (Lipinski definition) is 6. The lowest BCUT2D eigenvalue weighted by molar-refractivity contribution is -0.182. The van der Waals surface area contributed by atoms with E-state index in [4.69, 9.17) is 4.74 Å². The van der Waals surface area contributed by atoms with Crippen LogP contribution in [0.2, 0.25) is 0 Å². The maximum absolute atomic E-state index is 13.3. The lowest BCUT2D eigenvalue weighted by Gasteiger charge is -2.55. The summed E-state index contributed by atoms with van der Waals surface area (Å²) in [5, 5.41) is 27.9. The summed E-state index contributed by atoms with van der Waals surface area (Å²) in [5.41, 5.74) is 0.492. The molecule has 4 unspecified atom stereocenters. The Bertz CT molecular complexity index is 876. The van der Waals surface area contributed by atoms with Gasteiger partial charge in [-0.1, -0.05) is 34.6 Å². The molecule has 4 aliphatic rings. The minimum absolute atomic E-state index is 0.0793. The molecule has 3 N–H and O–H groups in total. The molecule has 9 nitrogen and oxygen atoms in total. The van der Waals surface area contributed by atoms with E-state index in [1.807, 2.05) is 45.5 Å². The lowest BCUT2D eigenvalue weighted by Crippen LogP contribution is -2.65. The van der Waals surface area contributed by atoms with Crippen LogP contribution in [0.25, 0.3) is 0 Å². The smallest absolute Gasteiger partial charge is 0.243 e. The van der Waals surface area contributed by atoms with Crippen LogP contribution in [0.4, 0.5) is 0 Å². The van der Waals surface area contributed by atoms with Gasteiger partial charge in [-0.05, 0) is 44.6 Å². The average Bonchev–Trinajstić information content (AvgIpc) is 3.55. The molecule has 1 aliphatic carbocycles. The van der Waals surface area contributed by atoms with Crippen LogP contribution in [0.5, 0.6) is 0 Å². The Hall–Kier alpha value is -1.97. The van der Waals surface area contributed by atoms with Gasteiger partial charge < -0.3 is 25.2 Å². The van der Waals surface area contributed by atoms with Crippen molar-refractivity contribution < 1.29 is 24.5 Å². The van der Waals surface area contributed by atoms with Gasteiger partial charge in [0.1, 0.15) is 6.04 Å². The molecular weight excluding hydrogens is 460 g/mol. The first kappa shape index (κ1) is 28.6. The average molecular weight is 507 g/mol. The molecule has 2 bridgehead atoms. The maximum atomic E-state index is 13.3. The molecule has 2 amide bonds. The summed E-state index contributed by atoms with van der Waals surface area (Å²) in [6, 6.07) is 0.775. The van der Waals surface area contributed by atoms with Crippen molar-refractivity contribution in [2.75, 3.05) is 19.8 Å². The Morgan fingerprint density at radius 2 is 1.89 bits per heavy atom. The van der Waals surface area contributed by atoms with Crippen LogP contribution in [0.1, 0.15) is 79.3 Å². The minimum Gasteiger partial charge on any atom is -0.394 e. The summed E-state index contributed by atoms with van der Waals surface area (Å²) in [5.74, 6) is -0.545. The standard InChI is InChI=1S/C25H40N4O5.C2H6/c1-5-29-21(6-11-26-29)24-7-9-25(10-8-24,34-15-24)20(14-30)27-22(32)19-12-18(31)13-28(19)23(33)17(4)16(2)3;1-2/h6,11,16-20,30-31H,5,7-10,12-15H2,1-4H3,(H,27,32);1-2H3. The molecule has 3 saturated heterocycles. The number of carbonyl (C=O) groups is 2. The van der Waals surface area contributed by atoms with Crippen molar-refractivity contribution in [3.05, 3.63) is 18.0 Å². The Labute approximate surface area is 215 Å². The first-order valence-electron chi connectivity index (χ1n) is 13.7. The molecule has 1 saturated carbocycles. The molecule has 0 radical (unpaired) electrons. The largest absolute Gasteiger partial charge is 0.394 e. The molecule has 4 fully saturated rings. The van der Waals surface area contributed by atoms with Gasteiger partial charge in [-0.3, -0.25) is 14.3 Å². The summed E-state index contributed by atoms with van der Waals surface area (Å²) in [7, 11) is 0. The van der Waals surface area contributed by atoms with E-state index in [-0.39, 0.29) is 48.6 Å². The number of aryl methyl sites for hydroxylation is 1. The van der Waals surface area contributed by atoms with Crippen LogP contribution in [-0.4, -0.2) is 80.3 Å². The highest BCUT2D eigenvalue weighted by atomic mass is 16.5. The molecule has 36 heavy (non-hydrogen) atoms. The quantitative estimate of drug-likeness (QED) is 0.498. The summed E-state index contributed by atoms with van der Waals surface area (Å²) < 4.78 is 8.46. The summed E-state index contributed by atoms with van der Waals surface area (Å²) >= 11 is 0. The van der Waals surface area contributed by atoms with Gasteiger partial charge in [-0.2, -0.15) is 5.10 Å². The second kappa shape index (κ2) is 11.6. The van der Waals surface area contributed by atoms with Crippen LogP contribution in [0, 0.1) is 11.8 Å². The van der Waals surface area contributed by atoms with Gasteiger partial charge in [-0.15, -0.1) is 0 Å². The fourth-order valence-corrected chi connectivity index (χ4v) is 6.00. The van der Waals surface area contributed by atoms with E-state index in [0.29, 0.717) is 6.61 Å². The van der Waals surface area contributed by atoms with Crippen LogP contribution in [0.3, 0.4) is 0 Å². The zero-order chi connectivity index (χ0) is 26.7. The van der Waals surface area contributed by atoms with Crippen LogP contribution in [0.15, 0.2) is 12.3 Å². The predicted molar refractivity (Wildman–Crippen MR) is 137 cm³/mol. The molecular formula is C27H46N4O5. The Morgan fingerprint density at radius 1 is 1.22 bits per heavy atom. The molecule has 1 aromatic heterocycles. The van der Waals surface area contributed by atoms with E-state index in [2.05, 4.69) is 23.4 Å². The summed E-state index contributed by atoms with van der Waals surface area (Å²) in [4.78, 5) is 27.8. The third-order valence-electron chi connectivity index (χ3n) is 8.64. The highest BCUT2D eigenvalue weighted by Crippen LogP contribution is 2.51. The van der Waals surface area contributed by atoms with Crippen molar-refractivity contribution in [3.8, 4) is 0 Å². The highest BCUT2D eigenvalue weighted by Gasteiger charge is 2.55. The summed E-state index contributed by atoms with van der Waals surface area (Å²) in [6.07, 6.45) is 4.59. The van der Waals surface area contributed by atoms with Crippen molar-refractivity contribution in [2.45, 2.75) is 109 Å². The van der Waals surface area contributed by atoms with Gasteiger partial charge in [0.05, 0.1) is 31.0 Å². The fraction of sp³-hybridized carbons (Fsp3) is 0.815. The van der Waals surface area contributed by atoms with Gasteiger partial charge in [0.25, 0.3) is 0 Å². The van der Waals surface area contributed by atoms with Crippen molar-refractivity contribution in [2.24, 2.45) is 11.8 Å². The number of aliphatic hydroxyl groups is 2. The Kier molecular flexibility index (Phi) is 9.22. The van der Waals surface area contributed by atoms with E-state index >= 15 is 0 Å². The Balaban J connectivity index is 0.00000176. The van der Waals surface area contributed by atoms with E-state index in [1.54, 1.807) is 0 Å². The molecule has 9 heteroatoms. The number of amides is 2. The molecule has 4 atom stereocenters. The second-order valence-electron chi connectivity index (χ2n) is 10.8. The van der Waals surface area contributed by atoms with Gasteiger partial charge >= 0.3 is 0 Å². The normalized spacial score (nSPS) is 31.1. The molecule has 3 aliphatic heterocycles. The first-order valence-corrected chi connectivity index (χ1v) is 13.7. The van der Waals surface area contributed by atoms with Crippen LogP contribution < -0.4 is 5.32 Å². The number of nitrogens with one attached hydrogen (secondary N) is 1. The molecule has 4 heterocycles. The van der Waals surface area contributed by atoms with E-state index < -0.39 is 23.8 Å². The van der Waals surface area contributed by atoms with Crippen molar-refractivity contribution in [1.29, 1.82) is 0 Å². The Morgan fingerprint density at radius 3 is 2.42 bits per heavy atom. The third-order valence-corrected chi connectivity index (χ3v) is 8.64. The number of likely N-dealkylation sites (tertiary alicyclic amines) is 1. The molecule has 1 aromatic rings. The first-order chi connectivity index (χ1) is 17.2. The number of hydrogen-bond donors (Lipinski definition) is 3. The van der Waals surface area contributed by atoms with Gasteiger partial charge in [-0.25, -0.2) is 0 Å². The number of β-amino-alcohol motifs (C(OH)–C–C–N with tert-alkyl or cyclic N) is 1. The number of rotatable bonds is 8. The number of nitrogens with zero attached hydrogens (tertiary/aromatic N) is 3. The van der Waals surface area contributed by atoms with Crippen molar-refractivity contribution >= 4 is 11.8 Å². The van der Waals surface area contributed by atoms with Crippen LogP contribution in [-0.2, 0) is 26.3 Å². The zero-order valence-corrected chi connectivity index (χ0v) is 22.9. The van der Waals surface area contributed by atoms with E-state index in [1.165, 1.54) is 10.6 Å².